The van der Waals surface area contributed by atoms with Crippen molar-refractivity contribution in [2.45, 2.75) is 50.6 Å². The van der Waals surface area contributed by atoms with Gasteiger partial charge < -0.3 is 9.47 Å². The number of fused-ring (bicyclic) bond motifs is 5. The van der Waals surface area contributed by atoms with Crippen molar-refractivity contribution in [2.75, 3.05) is 13.2 Å². The number of carbonyl (C=O) groups excluding carboxylic acids is 1. The predicted octanol–water partition coefficient (Wildman–Crippen LogP) is 7.04. The van der Waals surface area contributed by atoms with Gasteiger partial charge in [-0.15, -0.1) is 0 Å². The lowest BCUT2D eigenvalue weighted by atomic mass is 9.83. The SMILES string of the molecule is CCOc1cccc(C2=CC3CCCC(C2)N3C(=O)OCC2c3ccccc3-c3ccccc32)c1. The highest BCUT2D eigenvalue weighted by Gasteiger charge is 2.39. The molecule has 0 N–H and O–H groups in total. The van der Waals surface area contributed by atoms with E-state index >= 15 is 0 Å². The summed E-state index contributed by atoms with van der Waals surface area (Å²) in [7, 11) is 0. The molecule has 35 heavy (non-hydrogen) atoms. The number of nitrogens with zero attached hydrogens (tertiary/aromatic N) is 1. The van der Waals surface area contributed by atoms with E-state index in [0.717, 1.165) is 31.4 Å². The van der Waals surface area contributed by atoms with Crippen LogP contribution in [0.5, 0.6) is 5.75 Å². The Morgan fingerprint density at radius 1 is 0.943 bits per heavy atom. The zero-order valence-electron chi connectivity index (χ0n) is 20.2. The van der Waals surface area contributed by atoms with Crippen LogP contribution in [0.2, 0.25) is 0 Å². The highest BCUT2D eigenvalue weighted by molar-refractivity contribution is 5.79. The molecule has 0 aromatic heterocycles. The van der Waals surface area contributed by atoms with Gasteiger partial charge in [-0.05, 0) is 78.1 Å². The van der Waals surface area contributed by atoms with E-state index in [4.69, 9.17) is 9.47 Å². The fourth-order valence-corrected chi connectivity index (χ4v) is 6.15. The number of hydrogen-bond acceptors (Lipinski definition) is 3. The quantitative estimate of drug-likeness (QED) is 0.405. The Morgan fingerprint density at radius 3 is 2.40 bits per heavy atom. The second-order valence-electron chi connectivity index (χ2n) is 9.72. The highest BCUT2D eigenvalue weighted by atomic mass is 16.6. The van der Waals surface area contributed by atoms with Crippen molar-refractivity contribution in [2.24, 2.45) is 0 Å². The van der Waals surface area contributed by atoms with Crippen molar-refractivity contribution in [3.05, 3.63) is 95.6 Å². The largest absolute Gasteiger partial charge is 0.494 e. The van der Waals surface area contributed by atoms with Crippen molar-refractivity contribution in [1.29, 1.82) is 0 Å². The Morgan fingerprint density at radius 2 is 1.69 bits per heavy atom. The molecule has 0 radical (unpaired) electrons. The van der Waals surface area contributed by atoms with Crippen molar-refractivity contribution in [3.63, 3.8) is 0 Å². The Balaban J connectivity index is 1.20. The standard InChI is InChI=1S/C31H31NO3/c1-2-34-25-12-7-9-21(19-25)22-17-23-10-8-11-24(18-22)32(23)31(33)35-20-30-28-15-5-3-13-26(28)27-14-4-6-16-29(27)30/h3-7,9,12-17,19,23-24,30H,2,8,10-11,18,20H2,1H3. The second kappa shape index (κ2) is 9.26. The molecule has 2 aliphatic heterocycles. The second-order valence-corrected chi connectivity index (χ2v) is 9.72. The molecule has 0 saturated carbocycles. The van der Waals surface area contributed by atoms with E-state index in [1.807, 2.05) is 17.9 Å². The molecule has 3 aromatic rings. The van der Waals surface area contributed by atoms with Crippen LogP contribution < -0.4 is 4.74 Å². The average Bonchev–Trinajstić information content (AvgIpc) is 3.20. The molecule has 1 fully saturated rings. The maximum absolute atomic E-state index is 13.4. The molecule has 4 nitrogen and oxygen atoms in total. The van der Waals surface area contributed by atoms with Crippen LogP contribution in [0.3, 0.4) is 0 Å². The minimum atomic E-state index is -0.181. The fourth-order valence-electron chi connectivity index (χ4n) is 6.15. The van der Waals surface area contributed by atoms with Crippen LogP contribution in [0.15, 0.2) is 78.9 Å². The first kappa shape index (κ1) is 22.0. The van der Waals surface area contributed by atoms with E-state index in [9.17, 15) is 4.79 Å². The van der Waals surface area contributed by atoms with Gasteiger partial charge in [-0.1, -0.05) is 66.7 Å². The third kappa shape index (κ3) is 4.01. The van der Waals surface area contributed by atoms with Crippen molar-refractivity contribution < 1.29 is 14.3 Å². The van der Waals surface area contributed by atoms with E-state index in [0.29, 0.717) is 13.2 Å². The van der Waals surface area contributed by atoms with E-state index in [2.05, 4.69) is 72.8 Å². The molecule has 2 bridgehead atoms. The van der Waals surface area contributed by atoms with E-state index in [1.165, 1.54) is 33.4 Å². The highest BCUT2D eigenvalue weighted by Crippen LogP contribution is 2.45. The first-order valence-electron chi connectivity index (χ1n) is 12.8. The predicted molar refractivity (Wildman–Crippen MR) is 139 cm³/mol. The molecule has 1 amide bonds. The molecule has 4 heteroatoms. The summed E-state index contributed by atoms with van der Waals surface area (Å²) in [6.45, 7) is 3.03. The molecule has 1 aliphatic carbocycles. The van der Waals surface area contributed by atoms with Crippen LogP contribution in [0, 0.1) is 0 Å². The molecular formula is C31H31NO3. The molecule has 6 rings (SSSR count). The van der Waals surface area contributed by atoms with Crippen LogP contribution in [0.4, 0.5) is 4.79 Å². The minimum absolute atomic E-state index is 0.0865. The summed E-state index contributed by atoms with van der Waals surface area (Å²) in [5.41, 5.74) is 7.50. The first-order chi connectivity index (χ1) is 17.2. The van der Waals surface area contributed by atoms with Gasteiger partial charge in [0, 0.05) is 12.0 Å². The lowest BCUT2D eigenvalue weighted by Crippen LogP contribution is -2.51. The number of hydrogen-bond donors (Lipinski definition) is 0. The molecule has 178 valence electrons. The Hall–Kier alpha value is -3.53. The first-order valence-corrected chi connectivity index (χ1v) is 12.8. The average molecular weight is 466 g/mol. The number of ether oxygens (including phenoxy) is 2. The van der Waals surface area contributed by atoms with Gasteiger partial charge in [-0.2, -0.15) is 0 Å². The van der Waals surface area contributed by atoms with E-state index < -0.39 is 0 Å². The Kier molecular flexibility index (Phi) is 5.81. The van der Waals surface area contributed by atoms with Gasteiger partial charge in [0.25, 0.3) is 0 Å². The molecule has 3 aromatic carbocycles. The zero-order valence-corrected chi connectivity index (χ0v) is 20.2. The lowest BCUT2D eigenvalue weighted by molar-refractivity contribution is 0.0539. The number of piperidine rings is 1. The maximum Gasteiger partial charge on any atom is 0.410 e. The van der Waals surface area contributed by atoms with Crippen LogP contribution in [0.25, 0.3) is 16.7 Å². The molecule has 1 saturated heterocycles. The summed E-state index contributed by atoms with van der Waals surface area (Å²) in [4.78, 5) is 15.4. The van der Waals surface area contributed by atoms with Crippen LogP contribution >= 0.6 is 0 Å². The van der Waals surface area contributed by atoms with Gasteiger partial charge in [-0.3, -0.25) is 4.90 Å². The van der Waals surface area contributed by atoms with Crippen molar-refractivity contribution in [1.82, 2.24) is 4.90 Å². The summed E-state index contributed by atoms with van der Waals surface area (Å²) in [6.07, 6.45) is 6.10. The summed E-state index contributed by atoms with van der Waals surface area (Å²) in [6, 6.07) is 25.5. The van der Waals surface area contributed by atoms with E-state index in [1.54, 1.807) is 0 Å². The van der Waals surface area contributed by atoms with Crippen LogP contribution in [-0.2, 0) is 4.74 Å². The van der Waals surface area contributed by atoms with Gasteiger partial charge in [0.15, 0.2) is 0 Å². The number of rotatable bonds is 5. The molecule has 0 spiro atoms. The molecular weight excluding hydrogens is 434 g/mol. The van der Waals surface area contributed by atoms with Gasteiger partial charge in [0.2, 0.25) is 0 Å². The third-order valence-corrected chi connectivity index (χ3v) is 7.70. The molecule has 3 aliphatic rings. The Labute approximate surface area is 207 Å². The van der Waals surface area contributed by atoms with Crippen molar-refractivity contribution in [3.8, 4) is 16.9 Å². The topological polar surface area (TPSA) is 38.8 Å². The molecule has 2 heterocycles. The molecule has 2 atom stereocenters. The van der Waals surface area contributed by atoms with Crippen LogP contribution in [-0.4, -0.2) is 36.3 Å². The van der Waals surface area contributed by atoms with Crippen molar-refractivity contribution >= 4 is 11.7 Å². The summed E-state index contributed by atoms with van der Waals surface area (Å²) >= 11 is 0. The van der Waals surface area contributed by atoms with Gasteiger partial charge in [0.1, 0.15) is 12.4 Å². The normalized spacial score (nSPS) is 20.6. The smallest absolute Gasteiger partial charge is 0.410 e. The fraction of sp³-hybridized carbons (Fsp3) is 0.323. The number of amides is 1. The van der Waals surface area contributed by atoms with E-state index in [-0.39, 0.29) is 24.1 Å². The zero-order chi connectivity index (χ0) is 23.8. The summed E-state index contributed by atoms with van der Waals surface area (Å²) < 4.78 is 11.8. The summed E-state index contributed by atoms with van der Waals surface area (Å²) in [5.74, 6) is 0.985. The van der Waals surface area contributed by atoms with Crippen LogP contribution in [0.1, 0.15) is 55.2 Å². The minimum Gasteiger partial charge on any atom is -0.494 e. The van der Waals surface area contributed by atoms with Gasteiger partial charge in [0.05, 0.1) is 12.6 Å². The number of carbonyl (C=O) groups is 1. The maximum atomic E-state index is 13.4. The summed E-state index contributed by atoms with van der Waals surface area (Å²) in [5, 5.41) is 0. The number of benzene rings is 3. The monoisotopic (exact) mass is 465 g/mol. The molecule has 2 unspecified atom stereocenters. The Bertz CT molecular complexity index is 1230. The van der Waals surface area contributed by atoms with Gasteiger partial charge in [-0.25, -0.2) is 4.79 Å². The van der Waals surface area contributed by atoms with Gasteiger partial charge >= 0.3 is 6.09 Å². The lowest BCUT2D eigenvalue weighted by Gasteiger charge is -2.44. The third-order valence-electron chi connectivity index (χ3n) is 7.70.